The van der Waals surface area contributed by atoms with Crippen molar-refractivity contribution in [3.8, 4) is 0 Å². The molecule has 0 spiro atoms. The molecule has 1 aromatic rings. The van der Waals surface area contributed by atoms with E-state index in [-0.39, 0.29) is 8.66 Å². The summed E-state index contributed by atoms with van der Waals surface area (Å²) in [5, 5.41) is 8.94. The molecule has 0 bridgehead atoms. The van der Waals surface area contributed by atoms with Gasteiger partial charge in [0.1, 0.15) is 0 Å². The first-order valence-corrected chi connectivity index (χ1v) is 4.81. The summed E-state index contributed by atoms with van der Waals surface area (Å²) >= 11 is 3.61. The molecule has 1 unspecified atom stereocenters. The van der Waals surface area contributed by atoms with E-state index in [1.165, 1.54) is 0 Å². The molecular formula is C7H5BrF3OS. The highest BCUT2D eigenvalue weighted by molar-refractivity contribution is 9.11. The van der Waals surface area contributed by atoms with Gasteiger partial charge in [-0.1, -0.05) is 0 Å². The third-order valence-corrected chi connectivity index (χ3v) is 3.28. The third kappa shape index (κ3) is 2.45. The fourth-order valence-electron chi connectivity index (χ4n) is 0.744. The Balaban J connectivity index is 3.11. The van der Waals surface area contributed by atoms with Gasteiger partial charge in [-0.25, -0.2) is 0 Å². The first kappa shape index (κ1) is 11.0. The monoisotopic (exact) mass is 273 g/mol. The Morgan fingerprint density at radius 1 is 1.54 bits per heavy atom. The molecule has 1 aromatic heterocycles. The Morgan fingerprint density at radius 3 is 2.31 bits per heavy atom. The summed E-state index contributed by atoms with van der Waals surface area (Å²) in [4.78, 5) is 0.194. The zero-order valence-corrected chi connectivity index (χ0v) is 8.63. The number of aliphatic hydroxyl groups is 1. The van der Waals surface area contributed by atoms with E-state index in [4.69, 9.17) is 5.11 Å². The summed E-state index contributed by atoms with van der Waals surface area (Å²) in [5.41, 5.74) is -0.768. The molecule has 0 aromatic carbocycles. The Hall–Kier alpha value is -0.0700. The average molecular weight is 274 g/mol. The highest BCUT2D eigenvalue weighted by atomic mass is 79.9. The maximum absolute atomic E-state index is 12.2. The van der Waals surface area contributed by atoms with Crippen LogP contribution >= 0.6 is 27.3 Å². The van der Waals surface area contributed by atoms with E-state index < -0.39 is 17.8 Å². The average Bonchev–Trinajstić information content (AvgIpc) is 2.29. The van der Waals surface area contributed by atoms with E-state index >= 15 is 0 Å². The lowest BCUT2D eigenvalue weighted by Crippen LogP contribution is -2.03. The number of alkyl halides is 3. The summed E-state index contributed by atoms with van der Waals surface area (Å²) < 4.78 is 36.6. The van der Waals surface area contributed by atoms with Crippen LogP contribution in [0.1, 0.15) is 16.5 Å². The van der Waals surface area contributed by atoms with E-state index in [1.807, 2.05) is 0 Å². The molecule has 0 saturated heterocycles. The molecule has 1 nitrogen and oxygen atoms in total. The molecule has 0 aliphatic heterocycles. The highest BCUT2D eigenvalue weighted by Gasteiger charge is 2.35. The van der Waals surface area contributed by atoms with Crippen molar-refractivity contribution in [3.05, 3.63) is 27.2 Å². The van der Waals surface area contributed by atoms with E-state index in [9.17, 15) is 13.2 Å². The van der Waals surface area contributed by atoms with Crippen LogP contribution < -0.4 is 0 Å². The molecule has 0 aliphatic carbocycles. The minimum atomic E-state index is -4.39. The van der Waals surface area contributed by atoms with E-state index in [0.29, 0.717) is 0 Å². The number of hydrogen-bond donors (Lipinski definition) is 1. The molecule has 1 radical (unpaired) electrons. The van der Waals surface area contributed by atoms with Gasteiger partial charge in [0.25, 0.3) is 0 Å². The van der Waals surface area contributed by atoms with Crippen LogP contribution in [-0.2, 0) is 6.18 Å². The van der Waals surface area contributed by atoms with Gasteiger partial charge in [0.05, 0.1) is 15.5 Å². The molecule has 1 N–H and O–H groups in total. The van der Waals surface area contributed by atoms with Gasteiger partial charge in [0, 0.05) is 4.88 Å². The summed E-state index contributed by atoms with van der Waals surface area (Å²) in [5.74, 6) is 0. The van der Waals surface area contributed by atoms with Crippen LogP contribution in [0.15, 0.2) is 9.85 Å². The minimum Gasteiger partial charge on any atom is -0.388 e. The van der Waals surface area contributed by atoms with Gasteiger partial charge in [-0.2, -0.15) is 13.2 Å². The fourth-order valence-corrected chi connectivity index (χ4v) is 2.45. The molecule has 0 aliphatic rings. The zero-order valence-electron chi connectivity index (χ0n) is 6.23. The van der Waals surface area contributed by atoms with Crippen molar-refractivity contribution in [1.82, 2.24) is 0 Å². The van der Waals surface area contributed by atoms with Crippen molar-refractivity contribution in [2.75, 3.05) is 0 Å². The molecule has 6 heteroatoms. The van der Waals surface area contributed by atoms with Crippen LogP contribution in [0, 0.1) is 6.92 Å². The maximum Gasteiger partial charge on any atom is 0.418 e. The molecule has 0 fully saturated rings. The van der Waals surface area contributed by atoms with E-state index in [0.717, 1.165) is 17.4 Å². The number of halogens is 4. The second-order valence-corrected chi connectivity index (χ2v) is 4.75. The second kappa shape index (κ2) is 3.59. The van der Waals surface area contributed by atoms with E-state index in [1.54, 1.807) is 0 Å². The second-order valence-electron chi connectivity index (χ2n) is 2.35. The largest absolute Gasteiger partial charge is 0.418 e. The molecule has 0 saturated carbocycles. The van der Waals surface area contributed by atoms with Crippen molar-refractivity contribution < 1.29 is 18.3 Å². The maximum atomic E-state index is 12.2. The van der Waals surface area contributed by atoms with Gasteiger partial charge >= 0.3 is 6.18 Å². The minimum absolute atomic E-state index is 0.0299. The predicted octanol–water partition coefficient (Wildman–Crippen LogP) is 3.40. The van der Waals surface area contributed by atoms with Crippen molar-refractivity contribution in [2.24, 2.45) is 0 Å². The zero-order chi connectivity index (χ0) is 10.2. The molecular weight excluding hydrogens is 269 g/mol. The van der Waals surface area contributed by atoms with Crippen molar-refractivity contribution in [1.29, 1.82) is 0 Å². The molecule has 73 valence electrons. The normalized spacial score (nSPS) is 14.6. The van der Waals surface area contributed by atoms with Crippen LogP contribution in [0.5, 0.6) is 0 Å². The SMILES string of the molecule is [CH2]C(O)c1cc(C(F)(F)F)c(Br)s1. The Kier molecular flexibility index (Phi) is 3.04. The number of hydrogen-bond acceptors (Lipinski definition) is 2. The van der Waals surface area contributed by atoms with Crippen molar-refractivity contribution >= 4 is 27.3 Å². The summed E-state index contributed by atoms with van der Waals surface area (Å²) in [6.07, 6.45) is -5.50. The van der Waals surface area contributed by atoms with E-state index in [2.05, 4.69) is 22.9 Å². The van der Waals surface area contributed by atoms with Gasteiger partial charge in [0.2, 0.25) is 0 Å². The van der Waals surface area contributed by atoms with Gasteiger partial charge in [-0.15, -0.1) is 11.3 Å². The van der Waals surface area contributed by atoms with Gasteiger partial charge in [0.15, 0.2) is 0 Å². The van der Waals surface area contributed by atoms with Crippen molar-refractivity contribution in [3.63, 3.8) is 0 Å². The standard InChI is InChI=1S/C7H5BrF3OS/c1-3(12)5-2-4(6(8)13-5)7(9,10)11/h2-3,12H,1H2. The predicted molar refractivity (Wildman–Crippen MR) is 47.3 cm³/mol. The molecule has 13 heavy (non-hydrogen) atoms. The van der Waals surface area contributed by atoms with Gasteiger partial charge in [-0.05, 0) is 28.9 Å². The Morgan fingerprint density at radius 2 is 2.08 bits per heavy atom. The van der Waals surface area contributed by atoms with Crippen LogP contribution in [0.2, 0.25) is 0 Å². The highest BCUT2D eigenvalue weighted by Crippen LogP contribution is 2.41. The molecule has 1 rings (SSSR count). The Labute approximate surface area is 85.3 Å². The molecule has 1 atom stereocenters. The lowest BCUT2D eigenvalue weighted by atomic mass is 10.2. The van der Waals surface area contributed by atoms with Crippen LogP contribution in [0.4, 0.5) is 13.2 Å². The quantitative estimate of drug-likeness (QED) is 0.832. The first-order chi connectivity index (χ1) is 5.82. The van der Waals surface area contributed by atoms with Crippen LogP contribution in [0.3, 0.4) is 0 Å². The number of aliphatic hydroxyl groups excluding tert-OH is 1. The summed E-state index contributed by atoms with van der Waals surface area (Å²) in [6, 6.07) is 0.895. The lowest BCUT2D eigenvalue weighted by Gasteiger charge is -2.02. The fraction of sp³-hybridized carbons (Fsp3) is 0.286. The summed E-state index contributed by atoms with van der Waals surface area (Å²) in [7, 11) is 0. The topological polar surface area (TPSA) is 20.2 Å². The van der Waals surface area contributed by atoms with Gasteiger partial charge in [-0.3, -0.25) is 0 Å². The first-order valence-electron chi connectivity index (χ1n) is 3.20. The number of rotatable bonds is 1. The smallest absolute Gasteiger partial charge is 0.388 e. The van der Waals surface area contributed by atoms with Crippen LogP contribution in [0.25, 0.3) is 0 Å². The molecule has 0 amide bonds. The summed E-state index contributed by atoms with van der Waals surface area (Å²) in [6.45, 7) is 3.22. The Bertz CT molecular complexity index is 305. The lowest BCUT2D eigenvalue weighted by molar-refractivity contribution is -0.137. The van der Waals surface area contributed by atoms with Gasteiger partial charge < -0.3 is 5.11 Å². The number of thiophene rings is 1. The van der Waals surface area contributed by atoms with Crippen LogP contribution in [-0.4, -0.2) is 5.11 Å². The third-order valence-electron chi connectivity index (χ3n) is 1.34. The molecule has 1 heterocycles. The van der Waals surface area contributed by atoms with Crippen molar-refractivity contribution in [2.45, 2.75) is 12.3 Å².